The largest absolute Gasteiger partial charge is 0.480 e. The number of fused-ring (bicyclic) bond motifs is 1. The number of sulfonamides is 1. The van der Waals surface area contributed by atoms with Crippen LogP contribution in [-0.4, -0.2) is 30.1 Å². The van der Waals surface area contributed by atoms with E-state index in [4.69, 9.17) is 9.52 Å². The molecular formula is C14H18N2O6S. The molecule has 1 unspecified atom stereocenters. The molecule has 2 aromatic rings. The average Bonchev–Trinajstić information content (AvgIpc) is 2.78. The first-order valence-electron chi connectivity index (χ1n) is 7.06. The second-order valence-electron chi connectivity index (χ2n) is 5.42. The summed E-state index contributed by atoms with van der Waals surface area (Å²) in [5.74, 6) is -2.26. The van der Waals surface area contributed by atoms with Crippen LogP contribution in [0, 0.1) is 5.92 Å². The molecule has 0 bridgehead atoms. The van der Waals surface area contributed by atoms with Gasteiger partial charge in [-0.1, -0.05) is 13.8 Å². The van der Waals surface area contributed by atoms with Crippen molar-refractivity contribution in [3.8, 4) is 0 Å². The highest BCUT2D eigenvalue weighted by atomic mass is 32.2. The minimum absolute atomic E-state index is 0.135. The topological polar surface area (TPSA) is 119 Å². The van der Waals surface area contributed by atoms with Gasteiger partial charge in [0, 0.05) is 12.6 Å². The van der Waals surface area contributed by atoms with E-state index in [-0.39, 0.29) is 10.5 Å². The first-order valence-corrected chi connectivity index (χ1v) is 8.54. The zero-order valence-corrected chi connectivity index (χ0v) is 13.8. The van der Waals surface area contributed by atoms with E-state index in [1.54, 1.807) is 20.8 Å². The van der Waals surface area contributed by atoms with E-state index in [9.17, 15) is 18.0 Å². The molecule has 0 aliphatic heterocycles. The summed E-state index contributed by atoms with van der Waals surface area (Å²) in [4.78, 5) is 22.6. The van der Waals surface area contributed by atoms with Crippen LogP contribution in [0.5, 0.6) is 0 Å². The van der Waals surface area contributed by atoms with Gasteiger partial charge in [0.15, 0.2) is 5.58 Å². The van der Waals surface area contributed by atoms with Crippen molar-refractivity contribution in [2.45, 2.75) is 38.3 Å². The number of carbonyl (C=O) groups is 1. The predicted molar refractivity (Wildman–Crippen MR) is 82.7 cm³/mol. The second kappa shape index (κ2) is 6.17. The van der Waals surface area contributed by atoms with Crippen LogP contribution in [0.2, 0.25) is 0 Å². The summed E-state index contributed by atoms with van der Waals surface area (Å²) in [6.07, 6.45) is 0. The van der Waals surface area contributed by atoms with Crippen molar-refractivity contribution in [1.82, 2.24) is 9.29 Å². The fourth-order valence-corrected chi connectivity index (χ4v) is 3.57. The van der Waals surface area contributed by atoms with Gasteiger partial charge in [-0.15, -0.1) is 0 Å². The van der Waals surface area contributed by atoms with Crippen LogP contribution in [0.15, 0.2) is 32.3 Å². The number of oxazole rings is 1. The quantitative estimate of drug-likeness (QED) is 0.808. The molecule has 0 saturated heterocycles. The fourth-order valence-electron chi connectivity index (χ4n) is 2.22. The third-order valence-corrected chi connectivity index (χ3v) is 4.92. The number of hydrogen-bond donors (Lipinski definition) is 2. The van der Waals surface area contributed by atoms with Gasteiger partial charge in [0.1, 0.15) is 6.04 Å². The Hall–Kier alpha value is -2.13. The smallest absolute Gasteiger partial charge is 0.419 e. The van der Waals surface area contributed by atoms with Crippen LogP contribution in [0.1, 0.15) is 20.8 Å². The van der Waals surface area contributed by atoms with E-state index in [0.29, 0.717) is 12.1 Å². The van der Waals surface area contributed by atoms with Gasteiger partial charge in [0.25, 0.3) is 0 Å². The lowest BCUT2D eigenvalue weighted by Crippen LogP contribution is -2.44. The Morgan fingerprint density at radius 2 is 2.04 bits per heavy atom. The molecule has 126 valence electrons. The SMILES string of the molecule is CCn1c(=O)oc2cc(S(=O)(=O)NC(C(=O)O)C(C)C)ccc21. The molecule has 2 rings (SSSR count). The van der Waals surface area contributed by atoms with Crippen LogP contribution in [0.4, 0.5) is 0 Å². The average molecular weight is 342 g/mol. The van der Waals surface area contributed by atoms with E-state index in [2.05, 4.69) is 4.72 Å². The van der Waals surface area contributed by atoms with Gasteiger partial charge in [-0.25, -0.2) is 13.2 Å². The molecule has 0 aliphatic carbocycles. The fraction of sp³-hybridized carbons (Fsp3) is 0.429. The van der Waals surface area contributed by atoms with Gasteiger partial charge in [0.05, 0.1) is 10.4 Å². The Morgan fingerprint density at radius 1 is 1.39 bits per heavy atom. The van der Waals surface area contributed by atoms with Crippen molar-refractivity contribution in [1.29, 1.82) is 0 Å². The molecule has 0 aliphatic rings. The minimum Gasteiger partial charge on any atom is -0.480 e. The van der Waals surface area contributed by atoms with Gasteiger partial charge < -0.3 is 9.52 Å². The number of aromatic nitrogens is 1. The molecule has 0 saturated carbocycles. The number of benzene rings is 1. The number of rotatable bonds is 6. The summed E-state index contributed by atoms with van der Waals surface area (Å²) in [7, 11) is -4.05. The van der Waals surface area contributed by atoms with E-state index in [1.165, 1.54) is 22.8 Å². The zero-order valence-electron chi connectivity index (χ0n) is 12.9. The number of carboxylic acid groups (broad SMARTS) is 1. The highest BCUT2D eigenvalue weighted by Gasteiger charge is 2.28. The standard InChI is InChI=1S/C14H18N2O6S/c1-4-16-10-6-5-9(7-11(10)22-14(16)19)23(20,21)15-12(8(2)3)13(17)18/h5-8,12,15H,4H2,1-3H3,(H,17,18). The Kier molecular flexibility index (Phi) is 4.62. The maximum absolute atomic E-state index is 12.4. The number of aliphatic carboxylic acids is 1. The lowest BCUT2D eigenvalue weighted by atomic mass is 10.1. The van der Waals surface area contributed by atoms with Crippen molar-refractivity contribution < 1.29 is 22.7 Å². The van der Waals surface area contributed by atoms with E-state index >= 15 is 0 Å². The third kappa shape index (κ3) is 3.30. The Labute approximate surface area is 132 Å². The minimum atomic E-state index is -4.05. The third-order valence-electron chi connectivity index (χ3n) is 3.48. The van der Waals surface area contributed by atoms with E-state index < -0.39 is 33.7 Å². The summed E-state index contributed by atoms with van der Waals surface area (Å²) < 4.78 is 33.3. The second-order valence-corrected chi connectivity index (χ2v) is 7.14. The van der Waals surface area contributed by atoms with Crippen molar-refractivity contribution in [3.05, 3.63) is 28.7 Å². The van der Waals surface area contributed by atoms with Crippen LogP contribution in [-0.2, 0) is 21.4 Å². The predicted octanol–water partition coefficient (Wildman–Crippen LogP) is 1.00. The van der Waals surface area contributed by atoms with Gasteiger partial charge in [-0.05, 0) is 25.0 Å². The van der Waals surface area contributed by atoms with Crippen molar-refractivity contribution >= 4 is 27.1 Å². The number of nitrogens with zero attached hydrogens (tertiary/aromatic N) is 1. The molecule has 9 heteroatoms. The lowest BCUT2D eigenvalue weighted by Gasteiger charge is -2.17. The van der Waals surface area contributed by atoms with E-state index in [0.717, 1.165) is 0 Å². The summed E-state index contributed by atoms with van der Waals surface area (Å²) >= 11 is 0. The molecule has 23 heavy (non-hydrogen) atoms. The molecule has 1 aromatic heterocycles. The first kappa shape index (κ1) is 17.2. The zero-order chi connectivity index (χ0) is 17.4. The number of nitrogens with one attached hydrogen (secondary N) is 1. The van der Waals surface area contributed by atoms with Gasteiger partial charge in [-0.2, -0.15) is 4.72 Å². The van der Waals surface area contributed by atoms with Gasteiger partial charge >= 0.3 is 11.7 Å². The molecule has 0 fully saturated rings. The van der Waals surface area contributed by atoms with Crippen LogP contribution in [0.25, 0.3) is 11.1 Å². The molecular weight excluding hydrogens is 324 g/mol. The number of hydrogen-bond acceptors (Lipinski definition) is 5. The molecule has 1 atom stereocenters. The number of aryl methyl sites for hydroxylation is 1. The molecule has 1 heterocycles. The van der Waals surface area contributed by atoms with Crippen molar-refractivity contribution in [3.63, 3.8) is 0 Å². The van der Waals surface area contributed by atoms with Crippen LogP contribution in [0.3, 0.4) is 0 Å². The molecule has 0 amide bonds. The maximum Gasteiger partial charge on any atom is 0.419 e. The molecule has 2 N–H and O–H groups in total. The van der Waals surface area contributed by atoms with Crippen molar-refractivity contribution in [2.24, 2.45) is 5.92 Å². The Balaban J connectivity index is 2.46. The van der Waals surface area contributed by atoms with E-state index in [1.807, 2.05) is 0 Å². The monoisotopic (exact) mass is 342 g/mol. The highest BCUT2D eigenvalue weighted by Crippen LogP contribution is 2.19. The Bertz CT molecular complexity index is 894. The van der Waals surface area contributed by atoms with Crippen molar-refractivity contribution in [2.75, 3.05) is 0 Å². The highest BCUT2D eigenvalue weighted by molar-refractivity contribution is 7.89. The van der Waals surface area contributed by atoms with Crippen LogP contribution >= 0.6 is 0 Å². The summed E-state index contributed by atoms with van der Waals surface area (Å²) in [5, 5.41) is 9.11. The maximum atomic E-state index is 12.4. The molecule has 1 aromatic carbocycles. The molecule has 0 radical (unpaired) electrons. The van der Waals surface area contributed by atoms with Crippen LogP contribution < -0.4 is 10.5 Å². The lowest BCUT2D eigenvalue weighted by molar-refractivity contribution is -0.140. The van der Waals surface area contributed by atoms with Gasteiger partial charge in [0.2, 0.25) is 10.0 Å². The normalized spacial score (nSPS) is 13.6. The summed E-state index contributed by atoms with van der Waals surface area (Å²) in [6.45, 7) is 5.36. The molecule has 8 nitrogen and oxygen atoms in total. The first-order chi connectivity index (χ1) is 10.7. The van der Waals surface area contributed by atoms with Gasteiger partial charge in [-0.3, -0.25) is 9.36 Å². The summed E-state index contributed by atoms with van der Waals surface area (Å²) in [6, 6.07) is 2.74. The Morgan fingerprint density at radius 3 is 2.57 bits per heavy atom. The number of carboxylic acids is 1. The molecule has 0 spiro atoms. The summed E-state index contributed by atoms with van der Waals surface area (Å²) in [5.41, 5.74) is 0.617.